The second-order valence-corrected chi connectivity index (χ2v) is 6.91. The molecule has 1 aliphatic heterocycles. The monoisotopic (exact) mass is 369 g/mol. The van der Waals surface area contributed by atoms with E-state index in [9.17, 15) is 9.90 Å². The fourth-order valence-corrected chi connectivity index (χ4v) is 2.94. The molecule has 1 saturated heterocycles. The van der Waals surface area contributed by atoms with Crippen LogP contribution in [0.1, 0.15) is 24.3 Å². The van der Waals surface area contributed by atoms with Crippen molar-refractivity contribution >= 4 is 11.6 Å². The van der Waals surface area contributed by atoms with Crippen molar-refractivity contribution < 1.29 is 24.4 Å². The summed E-state index contributed by atoms with van der Waals surface area (Å²) < 4.78 is 7.36. The van der Waals surface area contributed by atoms with Gasteiger partial charge in [0.1, 0.15) is 11.4 Å². The molecular weight excluding hydrogens is 350 g/mol. The molecule has 0 bridgehead atoms. The number of aromatic nitrogens is 3. The summed E-state index contributed by atoms with van der Waals surface area (Å²) in [7, 11) is 0. The number of benzene rings is 1. The maximum atomic E-state index is 11.4. The molecule has 0 amide bonds. The van der Waals surface area contributed by atoms with Gasteiger partial charge in [-0.25, -0.2) is 24.1 Å². The molecule has 3 heterocycles. The van der Waals surface area contributed by atoms with Crippen LogP contribution < -0.4 is 4.74 Å². The molecule has 0 saturated carbocycles. The number of ether oxygens (including phenoxy) is 1. The van der Waals surface area contributed by atoms with Crippen LogP contribution in [0.15, 0.2) is 42.6 Å². The number of carboxylic acids is 1. The van der Waals surface area contributed by atoms with E-state index in [0.717, 1.165) is 5.56 Å². The summed E-state index contributed by atoms with van der Waals surface area (Å²) >= 11 is 0. The zero-order chi connectivity index (χ0) is 19.0. The van der Waals surface area contributed by atoms with Gasteiger partial charge in [0.2, 0.25) is 0 Å². The highest BCUT2D eigenvalue weighted by Gasteiger charge is 2.38. The number of fused-ring (bicyclic) bond motifs is 1. The molecule has 8 nitrogen and oxygen atoms in total. The lowest BCUT2D eigenvalue weighted by Crippen LogP contribution is -2.32. The fourth-order valence-electron chi connectivity index (χ4n) is 2.94. The van der Waals surface area contributed by atoms with Crippen molar-refractivity contribution in [3.05, 3.63) is 48.3 Å². The van der Waals surface area contributed by atoms with E-state index >= 15 is 0 Å². The highest BCUT2D eigenvalue weighted by Crippen LogP contribution is 2.32. The number of rotatable bonds is 5. The zero-order valence-electron chi connectivity index (χ0n) is 15.0. The van der Waals surface area contributed by atoms with Crippen molar-refractivity contribution in [3.8, 4) is 17.0 Å². The van der Waals surface area contributed by atoms with E-state index in [4.69, 9.17) is 14.5 Å². The van der Waals surface area contributed by atoms with Crippen LogP contribution in [0.5, 0.6) is 5.75 Å². The molecule has 1 unspecified atom stereocenters. The van der Waals surface area contributed by atoms with Crippen LogP contribution in [0.4, 0.5) is 0 Å². The van der Waals surface area contributed by atoms with Gasteiger partial charge >= 0.3 is 5.97 Å². The van der Waals surface area contributed by atoms with Gasteiger partial charge in [-0.05, 0) is 38.1 Å². The number of hydrogen-bond acceptors (Lipinski definition) is 6. The lowest BCUT2D eigenvalue weighted by molar-refractivity contribution is -0.300. The first-order valence-electron chi connectivity index (χ1n) is 8.56. The van der Waals surface area contributed by atoms with Gasteiger partial charge in [0.15, 0.2) is 11.3 Å². The Hall–Kier alpha value is -2.97. The lowest BCUT2D eigenvalue weighted by Gasteiger charge is -2.22. The average Bonchev–Trinajstić information content (AvgIpc) is 3.22. The highest BCUT2D eigenvalue weighted by atomic mass is 17.2. The maximum absolute atomic E-state index is 11.4. The molecule has 1 N–H and O–H groups in total. The molecule has 0 spiro atoms. The van der Waals surface area contributed by atoms with Gasteiger partial charge in [0, 0.05) is 5.56 Å². The molecule has 1 aliphatic rings. The number of hydrogen-bond donors (Lipinski definition) is 1. The first-order chi connectivity index (χ1) is 13.0. The summed E-state index contributed by atoms with van der Waals surface area (Å²) in [6.07, 6.45) is 1.29. The van der Waals surface area contributed by atoms with Gasteiger partial charge in [-0.1, -0.05) is 12.1 Å². The van der Waals surface area contributed by atoms with Gasteiger partial charge < -0.3 is 9.84 Å². The van der Waals surface area contributed by atoms with Gasteiger partial charge in [0.25, 0.3) is 0 Å². The van der Waals surface area contributed by atoms with E-state index in [-0.39, 0.29) is 11.6 Å². The smallest absolute Gasteiger partial charge is 0.356 e. The average molecular weight is 369 g/mol. The van der Waals surface area contributed by atoms with Crippen molar-refractivity contribution in [1.82, 2.24) is 14.6 Å². The molecule has 1 aromatic carbocycles. The Morgan fingerprint density at radius 2 is 2.15 bits per heavy atom. The standard InChI is InChI=1S/C19H19N3O5/c1-19(2)12(11-26-27-19)10-25-16-6-4-3-5-13(16)14-7-8-17-20-9-15(18(23)24)22(17)21-14/h3-9,12H,10-11H2,1-2H3,(H,23,24). The minimum atomic E-state index is -1.08. The first kappa shape index (κ1) is 17.4. The topological polar surface area (TPSA) is 95.2 Å². The van der Waals surface area contributed by atoms with Crippen molar-refractivity contribution in [2.75, 3.05) is 13.2 Å². The van der Waals surface area contributed by atoms with Crippen LogP contribution in [0.25, 0.3) is 16.9 Å². The third-order valence-corrected chi connectivity index (χ3v) is 4.71. The third-order valence-electron chi connectivity index (χ3n) is 4.71. The predicted octanol–water partition coefficient (Wildman–Crippen LogP) is 2.83. The molecule has 140 valence electrons. The lowest BCUT2D eigenvalue weighted by atomic mass is 9.93. The molecule has 3 aromatic rings. The summed E-state index contributed by atoms with van der Waals surface area (Å²) in [5, 5.41) is 13.7. The van der Waals surface area contributed by atoms with Crippen LogP contribution in [0.2, 0.25) is 0 Å². The summed E-state index contributed by atoms with van der Waals surface area (Å²) in [6.45, 7) is 4.82. The Kier molecular flexibility index (Phi) is 4.29. The first-order valence-corrected chi connectivity index (χ1v) is 8.56. The van der Waals surface area contributed by atoms with Crippen molar-refractivity contribution in [2.45, 2.75) is 19.4 Å². The Bertz CT molecular complexity index is 998. The van der Waals surface area contributed by atoms with Crippen molar-refractivity contribution in [2.24, 2.45) is 5.92 Å². The number of carbonyl (C=O) groups is 1. The van der Waals surface area contributed by atoms with Gasteiger partial charge in [0.05, 0.1) is 31.0 Å². The Morgan fingerprint density at radius 1 is 1.33 bits per heavy atom. The molecule has 0 aliphatic carbocycles. The van der Waals surface area contributed by atoms with Crippen LogP contribution >= 0.6 is 0 Å². The predicted molar refractivity (Wildman–Crippen MR) is 95.5 cm³/mol. The van der Waals surface area contributed by atoms with Gasteiger partial charge in [-0.3, -0.25) is 0 Å². The Morgan fingerprint density at radius 3 is 2.89 bits per heavy atom. The van der Waals surface area contributed by atoms with Gasteiger partial charge in [-0.15, -0.1) is 0 Å². The second kappa shape index (κ2) is 6.64. The summed E-state index contributed by atoms with van der Waals surface area (Å²) in [6, 6.07) is 11.0. The molecule has 1 atom stereocenters. The second-order valence-electron chi connectivity index (χ2n) is 6.91. The fraction of sp³-hybridized carbons (Fsp3) is 0.316. The minimum Gasteiger partial charge on any atom is -0.492 e. The zero-order valence-corrected chi connectivity index (χ0v) is 15.0. The number of para-hydroxylation sites is 1. The van der Waals surface area contributed by atoms with E-state index in [1.807, 2.05) is 38.1 Å². The Labute approximate surface area is 155 Å². The quantitative estimate of drug-likeness (QED) is 0.691. The van der Waals surface area contributed by atoms with Crippen LogP contribution in [-0.2, 0) is 9.78 Å². The van der Waals surface area contributed by atoms with Crippen molar-refractivity contribution in [3.63, 3.8) is 0 Å². The molecule has 4 rings (SSSR count). The van der Waals surface area contributed by atoms with Crippen LogP contribution in [0, 0.1) is 5.92 Å². The molecule has 27 heavy (non-hydrogen) atoms. The number of carboxylic acid groups (broad SMARTS) is 1. The summed E-state index contributed by atoms with van der Waals surface area (Å²) in [4.78, 5) is 25.8. The SMILES string of the molecule is CC1(C)OOCC1COc1ccccc1-c1ccc2ncc(C(=O)O)n2n1. The largest absolute Gasteiger partial charge is 0.492 e. The summed E-state index contributed by atoms with van der Waals surface area (Å²) in [5.41, 5.74) is 1.42. The molecule has 0 radical (unpaired) electrons. The van der Waals surface area contributed by atoms with E-state index in [1.165, 1.54) is 10.7 Å². The molecular formula is C19H19N3O5. The van der Waals surface area contributed by atoms with E-state index < -0.39 is 11.6 Å². The van der Waals surface area contributed by atoms with Crippen LogP contribution in [0.3, 0.4) is 0 Å². The summed E-state index contributed by atoms with van der Waals surface area (Å²) in [5.74, 6) is -0.336. The normalized spacial score (nSPS) is 18.7. The van der Waals surface area contributed by atoms with E-state index in [2.05, 4.69) is 10.1 Å². The molecule has 8 heteroatoms. The maximum Gasteiger partial charge on any atom is 0.356 e. The number of nitrogens with zero attached hydrogens (tertiary/aromatic N) is 3. The molecule has 2 aromatic heterocycles. The number of imidazole rings is 1. The number of aromatic carboxylic acids is 1. The van der Waals surface area contributed by atoms with Gasteiger partial charge in [-0.2, -0.15) is 5.10 Å². The van der Waals surface area contributed by atoms with E-state index in [0.29, 0.717) is 30.3 Å². The van der Waals surface area contributed by atoms with Crippen molar-refractivity contribution in [1.29, 1.82) is 0 Å². The molecule has 1 fully saturated rings. The van der Waals surface area contributed by atoms with E-state index in [1.54, 1.807) is 12.1 Å². The highest BCUT2D eigenvalue weighted by molar-refractivity contribution is 5.86. The Balaban J connectivity index is 1.65. The van der Waals surface area contributed by atoms with Crippen LogP contribution in [-0.4, -0.2) is 44.5 Å². The minimum absolute atomic E-state index is 0.00672. The third kappa shape index (κ3) is 3.24.